The van der Waals surface area contributed by atoms with Crippen molar-refractivity contribution in [2.24, 2.45) is 0 Å². The van der Waals surface area contributed by atoms with Crippen molar-refractivity contribution in [2.75, 3.05) is 7.11 Å². The van der Waals surface area contributed by atoms with Gasteiger partial charge in [0.15, 0.2) is 0 Å². The molecule has 0 amide bonds. The maximum atomic E-state index is 11.7. The van der Waals surface area contributed by atoms with Gasteiger partial charge in [0, 0.05) is 11.6 Å². The number of aliphatic carboxylic acids is 1. The molecule has 0 aliphatic heterocycles. The van der Waals surface area contributed by atoms with Crippen LogP contribution in [-0.4, -0.2) is 23.3 Å². The number of hydrogen-bond acceptors (Lipinski definition) is 3. The summed E-state index contributed by atoms with van der Waals surface area (Å²) in [5, 5.41) is 19.2. The Balaban J connectivity index is 2.65. The smallest absolute Gasteiger partial charge is 0.314 e. The van der Waals surface area contributed by atoms with E-state index >= 15 is 0 Å². The lowest BCUT2D eigenvalue weighted by Gasteiger charge is -2.28. The third kappa shape index (κ3) is 1.82. The van der Waals surface area contributed by atoms with E-state index in [-0.39, 0.29) is 5.75 Å². The molecule has 1 saturated carbocycles. The van der Waals surface area contributed by atoms with Gasteiger partial charge in [0.2, 0.25) is 0 Å². The zero-order valence-corrected chi connectivity index (χ0v) is 10.7. The van der Waals surface area contributed by atoms with Gasteiger partial charge in [-0.15, -0.1) is 0 Å². The van der Waals surface area contributed by atoms with Gasteiger partial charge >= 0.3 is 5.97 Å². The lowest BCUT2D eigenvalue weighted by Crippen LogP contribution is -2.33. The Morgan fingerprint density at radius 3 is 2.44 bits per heavy atom. The molecule has 1 aliphatic carbocycles. The number of methoxy groups -OCH3 is 1. The Labute approximate surface area is 106 Å². The van der Waals surface area contributed by atoms with Crippen LogP contribution in [0.1, 0.15) is 36.8 Å². The number of carboxylic acid groups (broad SMARTS) is 1. The van der Waals surface area contributed by atoms with E-state index in [1.165, 1.54) is 13.2 Å². The van der Waals surface area contributed by atoms with Crippen LogP contribution in [-0.2, 0) is 10.2 Å². The summed E-state index contributed by atoms with van der Waals surface area (Å²) < 4.78 is 5.27. The van der Waals surface area contributed by atoms with E-state index in [9.17, 15) is 15.0 Å². The molecule has 18 heavy (non-hydrogen) atoms. The Morgan fingerprint density at radius 1 is 1.33 bits per heavy atom. The fourth-order valence-corrected chi connectivity index (χ4v) is 3.06. The first kappa shape index (κ1) is 12.7. The molecule has 0 spiro atoms. The van der Waals surface area contributed by atoms with Crippen molar-refractivity contribution in [1.29, 1.82) is 0 Å². The highest BCUT2D eigenvalue weighted by atomic mass is 16.5. The molecule has 0 bridgehead atoms. The van der Waals surface area contributed by atoms with Crippen LogP contribution in [0.5, 0.6) is 11.5 Å². The number of phenols is 1. The van der Waals surface area contributed by atoms with E-state index in [2.05, 4.69) is 0 Å². The maximum absolute atomic E-state index is 11.7. The molecule has 2 N–H and O–H groups in total. The van der Waals surface area contributed by atoms with Crippen LogP contribution < -0.4 is 4.74 Å². The normalized spacial score (nSPS) is 17.7. The zero-order valence-electron chi connectivity index (χ0n) is 10.7. The SMILES string of the molecule is COc1cc(O)cc(C)c1C1(C(=O)O)CCCC1. The zero-order chi connectivity index (χ0) is 13.3. The molecule has 1 aliphatic rings. The third-order valence-electron chi connectivity index (χ3n) is 3.85. The number of aromatic hydroxyl groups is 1. The van der Waals surface area contributed by atoms with Crippen molar-refractivity contribution in [3.8, 4) is 11.5 Å². The van der Waals surface area contributed by atoms with E-state index in [0.717, 1.165) is 18.4 Å². The van der Waals surface area contributed by atoms with Gasteiger partial charge in [0.05, 0.1) is 12.5 Å². The predicted molar refractivity (Wildman–Crippen MR) is 67.2 cm³/mol. The number of hydrogen-bond donors (Lipinski definition) is 2. The lowest BCUT2D eigenvalue weighted by molar-refractivity contribution is -0.143. The summed E-state index contributed by atoms with van der Waals surface area (Å²) in [6.07, 6.45) is 3.08. The van der Waals surface area contributed by atoms with E-state index < -0.39 is 11.4 Å². The third-order valence-corrected chi connectivity index (χ3v) is 3.85. The highest BCUT2D eigenvalue weighted by Gasteiger charge is 2.45. The molecule has 0 saturated heterocycles. The van der Waals surface area contributed by atoms with Crippen molar-refractivity contribution in [2.45, 2.75) is 38.0 Å². The number of ether oxygens (including phenoxy) is 1. The minimum atomic E-state index is -0.858. The summed E-state index contributed by atoms with van der Waals surface area (Å²) in [7, 11) is 1.50. The number of benzene rings is 1. The van der Waals surface area contributed by atoms with E-state index in [4.69, 9.17) is 4.74 Å². The van der Waals surface area contributed by atoms with Gasteiger partial charge in [-0.25, -0.2) is 0 Å². The summed E-state index contributed by atoms with van der Waals surface area (Å²) in [5.41, 5.74) is 0.632. The van der Waals surface area contributed by atoms with Crippen LogP contribution in [0.25, 0.3) is 0 Å². The van der Waals surface area contributed by atoms with Crippen LogP contribution in [0.2, 0.25) is 0 Å². The maximum Gasteiger partial charge on any atom is 0.314 e. The van der Waals surface area contributed by atoms with Crippen LogP contribution in [0.4, 0.5) is 0 Å². The van der Waals surface area contributed by atoms with Gasteiger partial charge in [-0.3, -0.25) is 4.79 Å². The Morgan fingerprint density at radius 2 is 1.94 bits per heavy atom. The first-order chi connectivity index (χ1) is 8.51. The van der Waals surface area contributed by atoms with Gasteiger partial charge in [-0.05, 0) is 31.4 Å². The summed E-state index contributed by atoms with van der Waals surface area (Å²) in [6, 6.07) is 3.09. The summed E-state index contributed by atoms with van der Waals surface area (Å²) in [6.45, 7) is 1.82. The quantitative estimate of drug-likeness (QED) is 0.865. The molecule has 2 rings (SSSR count). The van der Waals surface area contributed by atoms with Crippen LogP contribution in [0.3, 0.4) is 0 Å². The van der Waals surface area contributed by atoms with Gasteiger partial charge in [-0.2, -0.15) is 0 Å². The van der Waals surface area contributed by atoms with Crippen LogP contribution in [0.15, 0.2) is 12.1 Å². The second kappa shape index (κ2) is 4.52. The molecule has 0 atom stereocenters. The van der Waals surface area contributed by atoms with Crippen LogP contribution in [0, 0.1) is 6.92 Å². The van der Waals surface area contributed by atoms with Crippen molar-refractivity contribution in [1.82, 2.24) is 0 Å². The van der Waals surface area contributed by atoms with Crippen molar-refractivity contribution in [3.05, 3.63) is 23.3 Å². The van der Waals surface area contributed by atoms with E-state index in [0.29, 0.717) is 24.2 Å². The summed E-state index contributed by atoms with van der Waals surface area (Å²) >= 11 is 0. The van der Waals surface area contributed by atoms with Gasteiger partial charge < -0.3 is 14.9 Å². The van der Waals surface area contributed by atoms with Crippen LogP contribution >= 0.6 is 0 Å². The molecule has 0 aromatic heterocycles. The van der Waals surface area contributed by atoms with Gasteiger partial charge in [0.25, 0.3) is 0 Å². The molecule has 1 fully saturated rings. The highest BCUT2D eigenvalue weighted by Crippen LogP contribution is 2.47. The molecule has 0 unspecified atom stereocenters. The molecular weight excluding hydrogens is 232 g/mol. The second-order valence-electron chi connectivity index (χ2n) is 4.93. The molecule has 0 heterocycles. The largest absolute Gasteiger partial charge is 0.508 e. The minimum absolute atomic E-state index is 0.103. The molecular formula is C14H18O4. The predicted octanol–water partition coefficient (Wildman–Crippen LogP) is 2.61. The number of phenolic OH excluding ortho intramolecular Hbond substituents is 1. The Bertz CT molecular complexity index is 473. The summed E-state index contributed by atoms with van der Waals surface area (Å²) in [5.74, 6) is -0.226. The minimum Gasteiger partial charge on any atom is -0.508 e. The average Bonchev–Trinajstić information content (AvgIpc) is 2.78. The van der Waals surface area contributed by atoms with Gasteiger partial charge in [0.1, 0.15) is 11.5 Å². The topological polar surface area (TPSA) is 66.8 Å². The molecule has 98 valence electrons. The van der Waals surface area contributed by atoms with Crippen molar-refractivity contribution in [3.63, 3.8) is 0 Å². The molecule has 1 aromatic carbocycles. The van der Waals surface area contributed by atoms with Crippen molar-refractivity contribution >= 4 is 5.97 Å². The second-order valence-corrected chi connectivity index (χ2v) is 4.93. The Hall–Kier alpha value is -1.71. The highest BCUT2D eigenvalue weighted by molar-refractivity contribution is 5.83. The number of carboxylic acids is 1. The molecule has 4 nitrogen and oxygen atoms in total. The standard InChI is InChI=1S/C14H18O4/c1-9-7-10(15)8-11(18-2)12(9)14(13(16)17)5-3-4-6-14/h7-8,15H,3-6H2,1-2H3,(H,16,17). The molecule has 4 heteroatoms. The first-order valence-corrected chi connectivity index (χ1v) is 6.13. The number of rotatable bonds is 3. The van der Waals surface area contributed by atoms with E-state index in [1.807, 2.05) is 6.92 Å². The average molecular weight is 250 g/mol. The molecule has 0 radical (unpaired) electrons. The number of carbonyl (C=O) groups is 1. The monoisotopic (exact) mass is 250 g/mol. The first-order valence-electron chi connectivity index (χ1n) is 6.13. The Kier molecular flexibility index (Phi) is 3.20. The molecule has 1 aromatic rings. The fraction of sp³-hybridized carbons (Fsp3) is 0.500. The number of aryl methyl sites for hydroxylation is 1. The van der Waals surface area contributed by atoms with E-state index in [1.54, 1.807) is 6.07 Å². The van der Waals surface area contributed by atoms with Gasteiger partial charge in [-0.1, -0.05) is 12.8 Å². The lowest BCUT2D eigenvalue weighted by atomic mass is 9.76. The summed E-state index contributed by atoms with van der Waals surface area (Å²) in [4.78, 5) is 11.7. The van der Waals surface area contributed by atoms with Crippen molar-refractivity contribution < 1.29 is 19.7 Å². The fourth-order valence-electron chi connectivity index (χ4n) is 3.06.